The number of pyridine rings is 1. The van der Waals surface area contributed by atoms with Crippen LogP contribution in [-0.2, 0) is 0 Å². The molecule has 0 spiro atoms. The van der Waals surface area contributed by atoms with Crippen molar-refractivity contribution in [2.45, 2.75) is 32.7 Å². The van der Waals surface area contributed by atoms with Crippen LogP contribution >= 0.6 is 0 Å². The number of carbonyl (C=O) groups is 1. The third-order valence-corrected chi connectivity index (χ3v) is 4.43. The number of aryl methyl sites for hydroxylation is 1. The van der Waals surface area contributed by atoms with E-state index < -0.39 is 0 Å². The first-order valence-corrected chi connectivity index (χ1v) is 8.88. The second kappa shape index (κ2) is 8.01. The van der Waals surface area contributed by atoms with E-state index in [1.807, 2.05) is 61.2 Å². The van der Waals surface area contributed by atoms with Crippen LogP contribution in [0.2, 0.25) is 0 Å². The molecule has 5 nitrogen and oxygen atoms in total. The molecule has 132 valence electrons. The number of rotatable bonds is 5. The van der Waals surface area contributed by atoms with Crippen LogP contribution < -0.4 is 10.1 Å². The van der Waals surface area contributed by atoms with Gasteiger partial charge in [-0.05, 0) is 63.1 Å². The molecular weight excluding hydrogens is 314 g/mol. The highest BCUT2D eigenvalue weighted by Gasteiger charge is 2.23. The predicted octanol–water partition coefficient (Wildman–Crippen LogP) is 3.51. The summed E-state index contributed by atoms with van der Waals surface area (Å²) in [7, 11) is 0. The second-order valence-corrected chi connectivity index (χ2v) is 6.33. The molecule has 1 saturated heterocycles. The van der Waals surface area contributed by atoms with Crippen LogP contribution in [0.4, 0.5) is 5.82 Å². The van der Waals surface area contributed by atoms with Gasteiger partial charge in [-0.3, -0.25) is 4.79 Å². The number of nitrogens with one attached hydrogen (secondary N) is 1. The lowest BCUT2D eigenvalue weighted by Gasteiger charge is -2.32. The van der Waals surface area contributed by atoms with E-state index >= 15 is 0 Å². The molecule has 1 aliphatic heterocycles. The number of hydrogen-bond acceptors (Lipinski definition) is 4. The normalized spacial score (nSPS) is 15.0. The maximum absolute atomic E-state index is 12.6. The highest BCUT2D eigenvalue weighted by Crippen LogP contribution is 2.19. The number of carbonyl (C=O) groups excluding carboxylic acids is 1. The molecule has 0 saturated carbocycles. The first-order valence-electron chi connectivity index (χ1n) is 8.88. The van der Waals surface area contributed by atoms with Crippen LogP contribution in [0, 0.1) is 6.92 Å². The van der Waals surface area contributed by atoms with Crippen LogP contribution in [-0.4, -0.2) is 41.5 Å². The topological polar surface area (TPSA) is 54.5 Å². The number of nitrogens with zero attached hydrogens (tertiary/aromatic N) is 2. The lowest BCUT2D eigenvalue weighted by atomic mass is 10.0. The summed E-state index contributed by atoms with van der Waals surface area (Å²) >= 11 is 0. The summed E-state index contributed by atoms with van der Waals surface area (Å²) in [6.45, 7) is 6.08. The van der Waals surface area contributed by atoms with Gasteiger partial charge in [0.25, 0.3) is 5.91 Å². The Hall–Kier alpha value is -2.56. The minimum absolute atomic E-state index is 0.0928. The SMILES string of the molecule is CCOc1ccc(C(=O)N2CCC(Nc3cccc(C)n3)CC2)cc1. The van der Waals surface area contributed by atoms with Crippen molar-refractivity contribution in [3.63, 3.8) is 0 Å². The molecule has 1 aliphatic rings. The summed E-state index contributed by atoms with van der Waals surface area (Å²) in [5.41, 5.74) is 1.73. The number of benzene rings is 1. The van der Waals surface area contributed by atoms with E-state index in [1.165, 1.54) is 0 Å². The van der Waals surface area contributed by atoms with Crippen molar-refractivity contribution in [2.75, 3.05) is 25.0 Å². The summed E-state index contributed by atoms with van der Waals surface area (Å²) in [6.07, 6.45) is 1.86. The molecule has 1 aromatic carbocycles. The molecule has 5 heteroatoms. The number of aromatic nitrogens is 1. The van der Waals surface area contributed by atoms with Crippen LogP contribution in [0.5, 0.6) is 5.75 Å². The molecule has 1 amide bonds. The standard InChI is InChI=1S/C20H25N3O2/c1-3-25-18-9-7-16(8-10-18)20(24)23-13-11-17(12-14-23)22-19-6-4-5-15(2)21-19/h4-10,17H,3,11-14H2,1-2H3,(H,21,22). The predicted molar refractivity (Wildman–Crippen MR) is 99.1 cm³/mol. The number of likely N-dealkylation sites (tertiary alicyclic amines) is 1. The largest absolute Gasteiger partial charge is 0.494 e. The number of hydrogen-bond donors (Lipinski definition) is 1. The van der Waals surface area contributed by atoms with Gasteiger partial charge in [0.15, 0.2) is 0 Å². The van der Waals surface area contributed by atoms with Gasteiger partial charge in [-0.1, -0.05) is 6.07 Å². The molecule has 25 heavy (non-hydrogen) atoms. The number of anilines is 1. The van der Waals surface area contributed by atoms with Gasteiger partial charge in [0.05, 0.1) is 6.61 Å². The fraction of sp³-hybridized carbons (Fsp3) is 0.400. The van der Waals surface area contributed by atoms with Gasteiger partial charge < -0.3 is 15.0 Å². The van der Waals surface area contributed by atoms with Crippen molar-refractivity contribution < 1.29 is 9.53 Å². The minimum atomic E-state index is 0.0928. The minimum Gasteiger partial charge on any atom is -0.494 e. The molecule has 0 atom stereocenters. The molecule has 0 unspecified atom stereocenters. The molecule has 1 N–H and O–H groups in total. The molecule has 0 bridgehead atoms. The van der Waals surface area contributed by atoms with E-state index in [4.69, 9.17) is 4.74 Å². The smallest absolute Gasteiger partial charge is 0.253 e. The zero-order valence-corrected chi connectivity index (χ0v) is 14.9. The Morgan fingerprint density at radius 2 is 1.92 bits per heavy atom. The van der Waals surface area contributed by atoms with Gasteiger partial charge in [-0.15, -0.1) is 0 Å². The maximum atomic E-state index is 12.6. The van der Waals surface area contributed by atoms with Crippen molar-refractivity contribution in [1.82, 2.24) is 9.88 Å². The fourth-order valence-corrected chi connectivity index (χ4v) is 3.10. The first kappa shape index (κ1) is 17.3. The fourth-order valence-electron chi connectivity index (χ4n) is 3.10. The van der Waals surface area contributed by atoms with Gasteiger partial charge >= 0.3 is 0 Å². The van der Waals surface area contributed by atoms with E-state index in [1.54, 1.807) is 0 Å². The molecule has 2 aromatic rings. The number of amides is 1. The Morgan fingerprint density at radius 1 is 1.20 bits per heavy atom. The molecule has 0 radical (unpaired) electrons. The molecule has 3 rings (SSSR count). The van der Waals surface area contributed by atoms with Gasteiger partial charge in [-0.2, -0.15) is 0 Å². The van der Waals surface area contributed by atoms with Crippen molar-refractivity contribution in [3.8, 4) is 5.75 Å². The molecular formula is C20H25N3O2. The van der Waals surface area contributed by atoms with E-state index in [-0.39, 0.29) is 5.91 Å². The Balaban J connectivity index is 1.53. The zero-order valence-electron chi connectivity index (χ0n) is 14.9. The van der Waals surface area contributed by atoms with E-state index in [9.17, 15) is 4.79 Å². The van der Waals surface area contributed by atoms with Gasteiger partial charge in [0, 0.05) is 30.4 Å². The van der Waals surface area contributed by atoms with Crippen LogP contribution in [0.1, 0.15) is 35.8 Å². The summed E-state index contributed by atoms with van der Waals surface area (Å²) in [5, 5.41) is 3.48. The van der Waals surface area contributed by atoms with Crippen LogP contribution in [0.3, 0.4) is 0 Å². The first-order chi connectivity index (χ1) is 12.2. The third kappa shape index (κ3) is 4.50. The van der Waals surface area contributed by atoms with Crippen molar-refractivity contribution in [1.29, 1.82) is 0 Å². The van der Waals surface area contributed by atoms with E-state index in [0.29, 0.717) is 12.6 Å². The van der Waals surface area contributed by atoms with Gasteiger partial charge in [0.1, 0.15) is 11.6 Å². The quantitative estimate of drug-likeness (QED) is 0.906. The third-order valence-electron chi connectivity index (χ3n) is 4.43. The van der Waals surface area contributed by atoms with Crippen molar-refractivity contribution >= 4 is 11.7 Å². The Labute approximate surface area is 149 Å². The van der Waals surface area contributed by atoms with Crippen LogP contribution in [0.15, 0.2) is 42.5 Å². The Kier molecular flexibility index (Phi) is 5.53. The lowest BCUT2D eigenvalue weighted by molar-refractivity contribution is 0.0718. The monoisotopic (exact) mass is 339 g/mol. The molecule has 0 aliphatic carbocycles. The average Bonchev–Trinajstić information content (AvgIpc) is 2.63. The van der Waals surface area contributed by atoms with E-state index in [0.717, 1.165) is 48.8 Å². The lowest BCUT2D eigenvalue weighted by Crippen LogP contribution is -2.42. The maximum Gasteiger partial charge on any atom is 0.253 e. The summed E-state index contributed by atoms with van der Waals surface area (Å²) in [4.78, 5) is 19.0. The molecule has 2 heterocycles. The van der Waals surface area contributed by atoms with Gasteiger partial charge in [-0.25, -0.2) is 4.98 Å². The average molecular weight is 339 g/mol. The zero-order chi connectivity index (χ0) is 17.6. The summed E-state index contributed by atoms with van der Waals surface area (Å²) in [6, 6.07) is 13.7. The second-order valence-electron chi connectivity index (χ2n) is 6.33. The summed E-state index contributed by atoms with van der Waals surface area (Å²) in [5.74, 6) is 1.80. The van der Waals surface area contributed by atoms with Crippen molar-refractivity contribution in [3.05, 3.63) is 53.7 Å². The molecule has 1 aromatic heterocycles. The van der Waals surface area contributed by atoms with Gasteiger partial charge in [0.2, 0.25) is 0 Å². The molecule has 1 fully saturated rings. The van der Waals surface area contributed by atoms with Crippen molar-refractivity contribution in [2.24, 2.45) is 0 Å². The Morgan fingerprint density at radius 3 is 2.56 bits per heavy atom. The Bertz CT molecular complexity index is 707. The highest BCUT2D eigenvalue weighted by atomic mass is 16.5. The number of ether oxygens (including phenoxy) is 1. The van der Waals surface area contributed by atoms with E-state index in [2.05, 4.69) is 10.3 Å². The van der Waals surface area contributed by atoms with Crippen LogP contribution in [0.25, 0.3) is 0 Å². The highest BCUT2D eigenvalue weighted by molar-refractivity contribution is 5.94. The summed E-state index contributed by atoms with van der Waals surface area (Å²) < 4.78 is 5.43. The number of piperidine rings is 1.